The normalized spacial score (nSPS) is 10.8. The highest BCUT2D eigenvalue weighted by Gasteiger charge is 2.12. The maximum atomic E-state index is 2.30. The summed E-state index contributed by atoms with van der Waals surface area (Å²) in [7, 11) is 0. The van der Waals surface area contributed by atoms with Gasteiger partial charge < -0.3 is 4.90 Å². The zero-order chi connectivity index (χ0) is 23.3. The molecule has 0 aliphatic rings. The Balaban J connectivity index is 1.39. The summed E-state index contributed by atoms with van der Waals surface area (Å²) in [5, 5.41) is 0. The van der Waals surface area contributed by atoms with Crippen molar-refractivity contribution in [1.29, 1.82) is 0 Å². The number of hydrogen-bond donors (Lipinski definition) is 0. The molecule has 34 heavy (non-hydrogen) atoms. The van der Waals surface area contributed by atoms with E-state index in [1.807, 2.05) is 0 Å². The van der Waals surface area contributed by atoms with Crippen molar-refractivity contribution in [2.45, 2.75) is 20.3 Å². The highest BCUT2D eigenvalue weighted by Crippen LogP contribution is 2.35. The first kappa shape index (κ1) is 21.7. The summed E-state index contributed by atoms with van der Waals surface area (Å²) in [6, 6.07) is 45.8. The minimum atomic E-state index is 0.960. The van der Waals surface area contributed by atoms with Crippen LogP contribution in [0.15, 0.2) is 127 Å². The predicted molar refractivity (Wildman–Crippen MR) is 145 cm³/mol. The Morgan fingerprint density at radius 3 is 1.32 bits per heavy atom. The summed E-state index contributed by atoms with van der Waals surface area (Å²) in [4.78, 5) is 2.30. The van der Waals surface area contributed by atoms with Gasteiger partial charge in [0, 0.05) is 17.1 Å². The van der Waals surface area contributed by atoms with Crippen LogP contribution in [0.2, 0.25) is 0 Å². The molecule has 5 aromatic rings. The topological polar surface area (TPSA) is 3.24 Å². The summed E-state index contributed by atoms with van der Waals surface area (Å²) < 4.78 is 0. The van der Waals surface area contributed by atoms with Crippen molar-refractivity contribution in [1.82, 2.24) is 0 Å². The van der Waals surface area contributed by atoms with Gasteiger partial charge in [0.2, 0.25) is 0 Å². The number of rotatable bonds is 6. The molecule has 166 valence electrons. The van der Waals surface area contributed by atoms with Gasteiger partial charge in [-0.2, -0.15) is 0 Å². The first-order valence-corrected chi connectivity index (χ1v) is 11.8. The lowest BCUT2D eigenvalue weighted by Gasteiger charge is -2.25. The van der Waals surface area contributed by atoms with Gasteiger partial charge >= 0.3 is 0 Å². The summed E-state index contributed by atoms with van der Waals surface area (Å²) in [5.41, 5.74) is 11.2. The summed E-state index contributed by atoms with van der Waals surface area (Å²) >= 11 is 0. The van der Waals surface area contributed by atoms with Crippen LogP contribution < -0.4 is 4.90 Å². The molecule has 0 unspecified atom stereocenters. The number of anilines is 3. The molecule has 0 aliphatic heterocycles. The number of para-hydroxylation sites is 1. The summed E-state index contributed by atoms with van der Waals surface area (Å²) in [6.07, 6.45) is 0.960. The Bertz CT molecular complexity index is 1330. The van der Waals surface area contributed by atoms with Gasteiger partial charge in [-0.25, -0.2) is 0 Å². The fourth-order valence-corrected chi connectivity index (χ4v) is 4.28. The van der Waals surface area contributed by atoms with Crippen molar-refractivity contribution in [3.8, 4) is 11.1 Å². The SMILES string of the molecule is Cc1ccc(Cc2ccc(-c3ccc(N(c4ccccc4)c4ccc(C)cc4)cc3)cc2)cc1. The fraction of sp³-hybridized carbons (Fsp3) is 0.0909. The molecule has 0 fully saturated rings. The van der Waals surface area contributed by atoms with E-state index in [1.165, 1.54) is 33.4 Å². The van der Waals surface area contributed by atoms with Gasteiger partial charge in [0.05, 0.1) is 0 Å². The van der Waals surface area contributed by atoms with Crippen molar-refractivity contribution < 1.29 is 0 Å². The van der Waals surface area contributed by atoms with E-state index in [0.717, 1.165) is 23.5 Å². The van der Waals surface area contributed by atoms with Crippen LogP contribution in [0.4, 0.5) is 17.1 Å². The van der Waals surface area contributed by atoms with Gasteiger partial charge in [0.15, 0.2) is 0 Å². The smallest absolute Gasteiger partial charge is 0.0462 e. The molecule has 0 heterocycles. The second-order valence-electron chi connectivity index (χ2n) is 8.91. The molecular weight excluding hydrogens is 410 g/mol. The zero-order valence-electron chi connectivity index (χ0n) is 19.8. The van der Waals surface area contributed by atoms with Crippen LogP contribution in [0.1, 0.15) is 22.3 Å². The van der Waals surface area contributed by atoms with Crippen molar-refractivity contribution >= 4 is 17.1 Å². The van der Waals surface area contributed by atoms with Gasteiger partial charge in [0.1, 0.15) is 0 Å². The van der Waals surface area contributed by atoms with E-state index in [4.69, 9.17) is 0 Å². The van der Waals surface area contributed by atoms with Crippen LogP contribution in [-0.2, 0) is 6.42 Å². The fourth-order valence-electron chi connectivity index (χ4n) is 4.28. The Morgan fingerprint density at radius 2 is 0.794 bits per heavy atom. The molecule has 0 radical (unpaired) electrons. The van der Waals surface area contributed by atoms with E-state index in [2.05, 4.69) is 146 Å². The molecule has 0 amide bonds. The number of nitrogens with zero attached hydrogens (tertiary/aromatic N) is 1. The molecule has 0 aliphatic carbocycles. The van der Waals surface area contributed by atoms with Gasteiger partial charge in [-0.1, -0.05) is 102 Å². The van der Waals surface area contributed by atoms with E-state index in [1.54, 1.807) is 0 Å². The molecule has 0 spiro atoms. The molecule has 5 aromatic carbocycles. The summed E-state index contributed by atoms with van der Waals surface area (Å²) in [6.45, 7) is 4.25. The van der Waals surface area contributed by atoms with Crippen LogP contribution in [0.3, 0.4) is 0 Å². The minimum Gasteiger partial charge on any atom is -0.311 e. The Morgan fingerprint density at radius 1 is 0.412 bits per heavy atom. The standard InChI is InChI=1S/C33H29N/c1-25-8-12-27(13-9-25)24-28-14-16-29(17-15-28)30-18-22-33(23-19-30)34(31-6-4-3-5-7-31)32-20-10-26(2)11-21-32/h3-23H,24H2,1-2H3. The molecule has 0 bridgehead atoms. The van der Waals surface area contributed by atoms with E-state index >= 15 is 0 Å². The third-order valence-electron chi connectivity index (χ3n) is 6.25. The van der Waals surface area contributed by atoms with Crippen LogP contribution in [-0.4, -0.2) is 0 Å². The first-order valence-electron chi connectivity index (χ1n) is 11.8. The molecule has 1 nitrogen and oxygen atoms in total. The minimum absolute atomic E-state index is 0.960. The molecule has 5 rings (SSSR count). The van der Waals surface area contributed by atoms with Gasteiger partial charge in [-0.3, -0.25) is 0 Å². The molecule has 1 heteroatoms. The lowest BCUT2D eigenvalue weighted by Crippen LogP contribution is -2.09. The number of hydrogen-bond acceptors (Lipinski definition) is 1. The van der Waals surface area contributed by atoms with Crippen molar-refractivity contribution in [3.63, 3.8) is 0 Å². The van der Waals surface area contributed by atoms with Crippen molar-refractivity contribution in [3.05, 3.63) is 150 Å². The molecule has 0 saturated carbocycles. The summed E-state index contributed by atoms with van der Waals surface area (Å²) in [5.74, 6) is 0. The Labute approximate surface area is 203 Å². The largest absolute Gasteiger partial charge is 0.311 e. The zero-order valence-corrected chi connectivity index (χ0v) is 19.8. The van der Waals surface area contributed by atoms with Gasteiger partial charge in [-0.05, 0) is 78.9 Å². The van der Waals surface area contributed by atoms with Crippen molar-refractivity contribution in [2.24, 2.45) is 0 Å². The monoisotopic (exact) mass is 439 g/mol. The average molecular weight is 440 g/mol. The number of aryl methyl sites for hydroxylation is 2. The predicted octanol–water partition coefficient (Wildman–Crippen LogP) is 9.03. The van der Waals surface area contributed by atoms with Gasteiger partial charge in [-0.15, -0.1) is 0 Å². The van der Waals surface area contributed by atoms with E-state index < -0.39 is 0 Å². The van der Waals surface area contributed by atoms with Gasteiger partial charge in [0.25, 0.3) is 0 Å². The van der Waals surface area contributed by atoms with Crippen LogP contribution in [0, 0.1) is 13.8 Å². The number of benzene rings is 5. The second-order valence-corrected chi connectivity index (χ2v) is 8.91. The highest BCUT2D eigenvalue weighted by atomic mass is 15.1. The average Bonchev–Trinajstić information content (AvgIpc) is 2.88. The van der Waals surface area contributed by atoms with Crippen molar-refractivity contribution in [2.75, 3.05) is 4.90 Å². The van der Waals surface area contributed by atoms with Crippen LogP contribution in [0.5, 0.6) is 0 Å². The molecule has 0 atom stereocenters. The molecule has 0 N–H and O–H groups in total. The Kier molecular flexibility index (Phi) is 6.27. The van der Waals surface area contributed by atoms with E-state index in [0.29, 0.717) is 0 Å². The lowest BCUT2D eigenvalue weighted by molar-refractivity contribution is 1.19. The highest BCUT2D eigenvalue weighted by molar-refractivity contribution is 5.78. The first-order chi connectivity index (χ1) is 16.7. The lowest BCUT2D eigenvalue weighted by atomic mass is 9.99. The van der Waals surface area contributed by atoms with E-state index in [-0.39, 0.29) is 0 Å². The maximum absolute atomic E-state index is 2.30. The quantitative estimate of drug-likeness (QED) is 0.255. The molecular formula is C33H29N. The molecule has 0 aromatic heterocycles. The second kappa shape index (κ2) is 9.80. The molecule has 0 saturated heterocycles. The van der Waals surface area contributed by atoms with E-state index in [9.17, 15) is 0 Å². The third-order valence-corrected chi connectivity index (χ3v) is 6.25. The third kappa shape index (κ3) is 4.94. The van der Waals surface area contributed by atoms with Crippen LogP contribution >= 0.6 is 0 Å². The Hall–Kier alpha value is -4.10. The maximum Gasteiger partial charge on any atom is 0.0462 e. The van der Waals surface area contributed by atoms with Crippen LogP contribution in [0.25, 0.3) is 11.1 Å².